The first kappa shape index (κ1) is 20.4. The number of nitrogens with zero attached hydrogens (tertiary/aromatic N) is 2. The fourth-order valence-electron chi connectivity index (χ4n) is 3.59. The number of rotatable bonds is 7. The fraction of sp³-hybridized carbons (Fsp3) is 0.208. The highest BCUT2D eigenvalue weighted by molar-refractivity contribution is 6.46. The van der Waals surface area contributed by atoms with E-state index in [9.17, 15) is 14.7 Å². The third kappa shape index (κ3) is 4.07. The molecule has 1 aromatic carbocycles. The second-order valence-electron chi connectivity index (χ2n) is 7.16. The first-order valence-electron chi connectivity index (χ1n) is 10.0. The average Bonchev–Trinajstić information content (AvgIpc) is 3.40. The van der Waals surface area contributed by atoms with Gasteiger partial charge in [-0.3, -0.25) is 14.6 Å². The molecule has 7 heteroatoms. The Bertz CT molecular complexity index is 1090. The number of likely N-dealkylation sites (tertiary alicyclic amines) is 1. The van der Waals surface area contributed by atoms with Crippen molar-refractivity contribution < 1.29 is 23.8 Å². The molecule has 4 rings (SSSR count). The van der Waals surface area contributed by atoms with E-state index in [-0.39, 0.29) is 17.9 Å². The van der Waals surface area contributed by atoms with Gasteiger partial charge in [-0.25, -0.2) is 0 Å². The summed E-state index contributed by atoms with van der Waals surface area (Å²) in [4.78, 5) is 31.3. The summed E-state index contributed by atoms with van der Waals surface area (Å²) in [6.45, 7) is 2.71. The van der Waals surface area contributed by atoms with Crippen LogP contribution < -0.4 is 4.74 Å². The maximum Gasteiger partial charge on any atom is 0.296 e. The molecular weight excluding hydrogens is 396 g/mol. The molecule has 7 nitrogen and oxygen atoms in total. The number of Topliss-reactive ketones (excluding diaryl/α,β-unsaturated/α-hetero) is 1. The summed E-state index contributed by atoms with van der Waals surface area (Å²) in [5, 5.41) is 11.1. The van der Waals surface area contributed by atoms with Gasteiger partial charge in [-0.05, 0) is 60.5 Å². The number of ketones is 1. The number of aromatic nitrogens is 1. The van der Waals surface area contributed by atoms with Crippen LogP contribution in [0.3, 0.4) is 0 Å². The van der Waals surface area contributed by atoms with Gasteiger partial charge < -0.3 is 19.2 Å². The molecule has 31 heavy (non-hydrogen) atoms. The summed E-state index contributed by atoms with van der Waals surface area (Å²) in [6.07, 6.45) is 5.56. The number of hydrogen-bond donors (Lipinski definition) is 1. The Labute approximate surface area is 179 Å². The average molecular weight is 418 g/mol. The lowest BCUT2D eigenvalue weighted by atomic mass is 9.96. The molecule has 0 saturated carbocycles. The highest BCUT2D eigenvalue weighted by atomic mass is 16.5. The number of carbonyl (C=O) groups is 2. The number of amides is 1. The van der Waals surface area contributed by atoms with Gasteiger partial charge in [0, 0.05) is 18.0 Å². The van der Waals surface area contributed by atoms with E-state index < -0.39 is 17.7 Å². The van der Waals surface area contributed by atoms with Gasteiger partial charge in [0.05, 0.1) is 31.0 Å². The minimum atomic E-state index is -0.760. The van der Waals surface area contributed by atoms with Crippen molar-refractivity contribution in [2.24, 2.45) is 0 Å². The summed E-state index contributed by atoms with van der Waals surface area (Å²) in [7, 11) is 0. The molecule has 2 aromatic heterocycles. The Morgan fingerprint density at radius 1 is 1.13 bits per heavy atom. The minimum Gasteiger partial charge on any atom is -0.507 e. The standard InChI is InChI=1S/C24H22N2O5/c1-2-13-30-18-7-5-17(6-8-18)22(27)20-21(16-9-11-25-12-10-16)26(24(29)23(20)28)15-19-4-3-14-31-19/h3-12,14,21,27H,2,13,15H2,1H3/b22-20-. The van der Waals surface area contributed by atoms with Crippen molar-refractivity contribution in [2.75, 3.05) is 6.61 Å². The zero-order valence-corrected chi connectivity index (χ0v) is 17.0. The van der Waals surface area contributed by atoms with Gasteiger partial charge in [0.2, 0.25) is 0 Å². The van der Waals surface area contributed by atoms with E-state index in [1.165, 1.54) is 11.2 Å². The second kappa shape index (κ2) is 8.87. The molecule has 0 radical (unpaired) electrons. The molecular formula is C24H22N2O5. The molecule has 0 spiro atoms. The number of furan rings is 1. The maximum absolute atomic E-state index is 13.0. The Hall–Kier alpha value is -3.87. The number of pyridine rings is 1. The van der Waals surface area contributed by atoms with E-state index >= 15 is 0 Å². The van der Waals surface area contributed by atoms with E-state index in [0.29, 0.717) is 29.2 Å². The van der Waals surface area contributed by atoms with Crippen LogP contribution in [0.2, 0.25) is 0 Å². The number of hydrogen-bond acceptors (Lipinski definition) is 6. The van der Waals surface area contributed by atoms with E-state index in [4.69, 9.17) is 9.15 Å². The maximum atomic E-state index is 13.0. The minimum absolute atomic E-state index is 0.0324. The highest BCUT2D eigenvalue weighted by Gasteiger charge is 2.46. The van der Waals surface area contributed by atoms with Gasteiger partial charge in [-0.15, -0.1) is 0 Å². The lowest BCUT2D eigenvalue weighted by Gasteiger charge is -2.24. The molecule has 1 atom stereocenters. The van der Waals surface area contributed by atoms with Crippen LogP contribution in [-0.4, -0.2) is 33.3 Å². The molecule has 1 unspecified atom stereocenters. The van der Waals surface area contributed by atoms with Crippen molar-refractivity contribution in [2.45, 2.75) is 25.9 Å². The monoisotopic (exact) mass is 418 g/mol. The Balaban J connectivity index is 1.76. The molecule has 1 aliphatic heterocycles. The van der Waals surface area contributed by atoms with Gasteiger partial charge in [0.25, 0.3) is 11.7 Å². The first-order valence-corrected chi connectivity index (χ1v) is 10.0. The molecule has 3 heterocycles. The van der Waals surface area contributed by atoms with Gasteiger partial charge in [-0.2, -0.15) is 0 Å². The zero-order valence-electron chi connectivity index (χ0n) is 17.0. The molecule has 3 aromatic rings. The summed E-state index contributed by atoms with van der Waals surface area (Å²) >= 11 is 0. The Morgan fingerprint density at radius 3 is 2.52 bits per heavy atom. The van der Waals surface area contributed by atoms with Gasteiger partial charge in [0.1, 0.15) is 17.3 Å². The van der Waals surface area contributed by atoms with Crippen LogP contribution in [0.1, 0.15) is 36.3 Å². The normalized spacial score (nSPS) is 17.8. The number of ether oxygens (including phenoxy) is 1. The number of carbonyl (C=O) groups excluding carboxylic acids is 2. The van der Waals surface area contributed by atoms with E-state index in [0.717, 1.165) is 6.42 Å². The molecule has 1 aliphatic rings. The van der Waals surface area contributed by atoms with Crippen LogP contribution in [0.25, 0.3) is 5.76 Å². The van der Waals surface area contributed by atoms with Crippen LogP contribution in [0.4, 0.5) is 0 Å². The SMILES string of the molecule is CCCOc1ccc(/C(O)=C2/C(=O)C(=O)N(Cc3ccco3)C2c2ccncc2)cc1. The van der Waals surface area contributed by atoms with Crippen molar-refractivity contribution in [1.29, 1.82) is 0 Å². The Kier molecular flexibility index (Phi) is 5.84. The summed E-state index contributed by atoms with van der Waals surface area (Å²) < 4.78 is 11.0. The topological polar surface area (TPSA) is 92.9 Å². The van der Waals surface area contributed by atoms with Crippen LogP contribution in [0, 0.1) is 0 Å². The molecule has 158 valence electrons. The van der Waals surface area contributed by atoms with Crippen molar-refractivity contribution in [3.63, 3.8) is 0 Å². The number of aliphatic hydroxyl groups is 1. The van der Waals surface area contributed by atoms with Gasteiger partial charge in [-0.1, -0.05) is 6.92 Å². The lowest BCUT2D eigenvalue weighted by Crippen LogP contribution is -2.29. The quantitative estimate of drug-likeness (QED) is 0.353. The van der Waals surface area contributed by atoms with Crippen LogP contribution >= 0.6 is 0 Å². The predicted molar refractivity (Wildman–Crippen MR) is 113 cm³/mol. The first-order chi connectivity index (χ1) is 15.1. The van der Waals surface area contributed by atoms with E-state index in [2.05, 4.69) is 4.98 Å². The highest BCUT2D eigenvalue weighted by Crippen LogP contribution is 2.40. The van der Waals surface area contributed by atoms with Gasteiger partial charge in [0.15, 0.2) is 0 Å². The van der Waals surface area contributed by atoms with Crippen molar-refractivity contribution in [1.82, 2.24) is 9.88 Å². The third-order valence-electron chi connectivity index (χ3n) is 5.07. The molecule has 1 N–H and O–H groups in total. The van der Waals surface area contributed by atoms with Crippen LogP contribution in [-0.2, 0) is 16.1 Å². The zero-order chi connectivity index (χ0) is 21.8. The third-order valence-corrected chi connectivity index (χ3v) is 5.07. The van der Waals surface area contributed by atoms with Gasteiger partial charge >= 0.3 is 0 Å². The van der Waals surface area contributed by atoms with Crippen molar-refractivity contribution in [3.05, 3.63) is 89.6 Å². The number of benzene rings is 1. The van der Waals surface area contributed by atoms with Crippen LogP contribution in [0.5, 0.6) is 5.75 Å². The molecule has 0 bridgehead atoms. The number of aliphatic hydroxyl groups excluding tert-OH is 1. The van der Waals surface area contributed by atoms with E-state index in [1.807, 2.05) is 6.92 Å². The summed E-state index contributed by atoms with van der Waals surface area (Å²) in [5.41, 5.74) is 1.13. The molecule has 1 saturated heterocycles. The summed E-state index contributed by atoms with van der Waals surface area (Å²) in [6, 6.07) is 12.9. The smallest absolute Gasteiger partial charge is 0.296 e. The largest absolute Gasteiger partial charge is 0.507 e. The molecule has 0 aliphatic carbocycles. The van der Waals surface area contributed by atoms with Crippen molar-refractivity contribution in [3.8, 4) is 5.75 Å². The van der Waals surface area contributed by atoms with E-state index in [1.54, 1.807) is 60.9 Å². The van der Waals surface area contributed by atoms with Crippen LogP contribution in [0.15, 0.2) is 77.2 Å². The lowest BCUT2D eigenvalue weighted by molar-refractivity contribution is -0.140. The Morgan fingerprint density at radius 2 is 1.87 bits per heavy atom. The van der Waals surface area contributed by atoms with Crippen molar-refractivity contribution >= 4 is 17.4 Å². The predicted octanol–water partition coefficient (Wildman–Crippen LogP) is 4.09. The second-order valence-corrected chi connectivity index (χ2v) is 7.16. The fourth-order valence-corrected chi connectivity index (χ4v) is 3.59. The molecule has 1 amide bonds. The summed E-state index contributed by atoms with van der Waals surface area (Å²) in [5.74, 6) is -0.454. The molecule has 1 fully saturated rings.